The Morgan fingerprint density at radius 1 is 1.44 bits per heavy atom. The number of nitrogens with one attached hydrogen (secondary N) is 1. The molecule has 4 rings (SSSR count). The molecule has 9 nitrogen and oxygen atoms in total. The van der Waals surface area contributed by atoms with Crippen LogP contribution in [0.1, 0.15) is 30.8 Å². The second-order valence-corrected chi connectivity index (χ2v) is 6.26. The molecule has 1 N–H and O–H groups in total. The molecule has 0 spiro atoms. The summed E-state index contributed by atoms with van der Waals surface area (Å²) in [6, 6.07) is -0.0862. The van der Waals surface area contributed by atoms with Crippen LogP contribution in [0.2, 0.25) is 0 Å². The van der Waals surface area contributed by atoms with Crippen molar-refractivity contribution in [3.63, 3.8) is 0 Å². The van der Waals surface area contributed by atoms with E-state index in [1.807, 2.05) is 30.8 Å². The molecule has 3 aromatic rings. The van der Waals surface area contributed by atoms with Crippen LogP contribution in [0.15, 0.2) is 23.4 Å². The van der Waals surface area contributed by atoms with E-state index in [0.717, 1.165) is 23.3 Å². The van der Waals surface area contributed by atoms with Gasteiger partial charge in [-0.15, -0.1) is 0 Å². The normalized spacial score (nSPS) is 20.7. The molecule has 0 saturated carbocycles. The molecule has 0 bridgehead atoms. The largest absolute Gasteiger partial charge is 0.380 e. The number of aromatic nitrogens is 6. The van der Waals surface area contributed by atoms with Gasteiger partial charge in [-0.25, -0.2) is 19.4 Å². The highest BCUT2D eigenvalue weighted by Gasteiger charge is 2.38. The van der Waals surface area contributed by atoms with E-state index in [4.69, 9.17) is 4.74 Å². The summed E-state index contributed by atoms with van der Waals surface area (Å²) in [5, 5.41) is 11.2. The molecule has 1 fully saturated rings. The predicted octanol–water partition coefficient (Wildman–Crippen LogP) is 0.909. The molecule has 0 aromatic carbocycles. The summed E-state index contributed by atoms with van der Waals surface area (Å²) < 4.78 is 9.09. The second kappa shape index (κ2) is 5.99. The number of aromatic amines is 1. The van der Waals surface area contributed by atoms with Gasteiger partial charge in [0.15, 0.2) is 11.6 Å². The van der Waals surface area contributed by atoms with E-state index in [1.165, 1.54) is 0 Å². The molecule has 9 heteroatoms. The maximum Gasteiger partial charge on any atom is 0.343 e. The third kappa shape index (κ3) is 2.42. The molecule has 25 heavy (non-hydrogen) atoms. The first kappa shape index (κ1) is 15.8. The highest BCUT2D eigenvalue weighted by atomic mass is 16.5. The molecule has 4 heterocycles. The van der Waals surface area contributed by atoms with E-state index in [9.17, 15) is 4.79 Å². The minimum absolute atomic E-state index is 0.0485. The van der Waals surface area contributed by atoms with Crippen molar-refractivity contribution in [1.29, 1.82) is 0 Å². The van der Waals surface area contributed by atoms with Crippen LogP contribution < -0.4 is 10.6 Å². The lowest BCUT2D eigenvalue weighted by atomic mass is 10.2. The molecule has 132 valence electrons. The third-order valence-electron chi connectivity index (χ3n) is 4.87. The Kier molecular flexibility index (Phi) is 3.79. The van der Waals surface area contributed by atoms with E-state index in [-0.39, 0.29) is 17.8 Å². The van der Waals surface area contributed by atoms with Gasteiger partial charge in [0.2, 0.25) is 0 Å². The predicted molar refractivity (Wildman–Crippen MR) is 91.7 cm³/mol. The highest BCUT2D eigenvalue weighted by molar-refractivity contribution is 5.73. The molecule has 0 radical (unpaired) electrons. The number of hydrogen-bond donors (Lipinski definition) is 1. The molecular formula is C16H21N7O2. The first-order valence-electron chi connectivity index (χ1n) is 8.37. The minimum atomic E-state index is -0.190. The maximum absolute atomic E-state index is 12.0. The van der Waals surface area contributed by atoms with Crippen LogP contribution in [-0.4, -0.2) is 49.1 Å². The van der Waals surface area contributed by atoms with Crippen molar-refractivity contribution in [1.82, 2.24) is 29.4 Å². The summed E-state index contributed by atoms with van der Waals surface area (Å²) in [7, 11) is 1.71. The second-order valence-electron chi connectivity index (χ2n) is 6.26. The van der Waals surface area contributed by atoms with Gasteiger partial charge < -0.3 is 9.64 Å². The van der Waals surface area contributed by atoms with Crippen molar-refractivity contribution < 1.29 is 4.74 Å². The number of nitrogens with zero attached hydrogens (tertiary/aromatic N) is 6. The lowest BCUT2D eigenvalue weighted by Crippen LogP contribution is -2.29. The van der Waals surface area contributed by atoms with Crippen LogP contribution in [0.3, 0.4) is 0 Å². The molecule has 0 unspecified atom stereocenters. The van der Waals surface area contributed by atoms with Crippen LogP contribution in [0.4, 0.5) is 5.82 Å². The molecule has 1 aliphatic heterocycles. The summed E-state index contributed by atoms with van der Waals surface area (Å²) in [6.45, 7) is 5.20. The Morgan fingerprint density at radius 3 is 3.04 bits per heavy atom. The van der Waals surface area contributed by atoms with Gasteiger partial charge in [-0.3, -0.25) is 4.57 Å². The molecule has 2 atom stereocenters. The number of methoxy groups -OCH3 is 1. The van der Waals surface area contributed by atoms with E-state index in [1.54, 1.807) is 17.9 Å². The Labute approximate surface area is 144 Å². The quantitative estimate of drug-likeness (QED) is 0.757. The van der Waals surface area contributed by atoms with Gasteiger partial charge in [-0.05, 0) is 19.4 Å². The smallest absolute Gasteiger partial charge is 0.343 e. The zero-order valence-corrected chi connectivity index (χ0v) is 14.5. The van der Waals surface area contributed by atoms with Gasteiger partial charge in [-0.1, -0.05) is 0 Å². The van der Waals surface area contributed by atoms with Crippen LogP contribution in [0, 0.1) is 6.92 Å². The first-order chi connectivity index (χ1) is 12.1. The van der Waals surface area contributed by atoms with Crippen LogP contribution in [0.25, 0.3) is 5.52 Å². The summed E-state index contributed by atoms with van der Waals surface area (Å²) in [5.74, 6) is 1.55. The zero-order chi connectivity index (χ0) is 17.6. The summed E-state index contributed by atoms with van der Waals surface area (Å²) >= 11 is 0. The number of anilines is 1. The average Bonchev–Trinajstić information content (AvgIpc) is 3.31. The number of rotatable bonds is 4. The lowest BCUT2D eigenvalue weighted by Gasteiger charge is -2.25. The van der Waals surface area contributed by atoms with Gasteiger partial charge in [0.05, 0.1) is 18.3 Å². The van der Waals surface area contributed by atoms with E-state index >= 15 is 0 Å². The summed E-state index contributed by atoms with van der Waals surface area (Å²) in [5.41, 5.74) is 1.83. The van der Waals surface area contributed by atoms with Gasteiger partial charge >= 0.3 is 5.69 Å². The van der Waals surface area contributed by atoms with Gasteiger partial charge in [0, 0.05) is 39.0 Å². The fourth-order valence-corrected chi connectivity index (χ4v) is 3.62. The van der Waals surface area contributed by atoms with E-state index < -0.39 is 0 Å². The SMILES string of the molecule is CCn1c([C@@H]2C[C@H](OC)CN2c2nccn3ncc(C)c23)n[nH]c1=O. The number of fused-ring (bicyclic) bond motifs is 1. The van der Waals surface area contributed by atoms with Crippen molar-refractivity contribution in [3.05, 3.63) is 40.5 Å². The Bertz CT molecular complexity index is 957. The molecule has 1 saturated heterocycles. The maximum atomic E-state index is 12.0. The first-order valence-corrected chi connectivity index (χ1v) is 8.37. The standard InChI is InChI=1S/C16H21N7O2/c1-4-21-14(19-20-16(21)24)12-7-11(25-3)9-22(12)15-13-10(2)8-18-23(13)6-5-17-15/h5-6,8,11-12H,4,7,9H2,1-3H3,(H,20,24)/t11-,12-/m0/s1. The van der Waals surface area contributed by atoms with Crippen molar-refractivity contribution in [2.75, 3.05) is 18.6 Å². The fourth-order valence-electron chi connectivity index (χ4n) is 3.62. The van der Waals surface area contributed by atoms with Crippen molar-refractivity contribution in [3.8, 4) is 0 Å². The average molecular weight is 343 g/mol. The number of ether oxygens (including phenoxy) is 1. The summed E-state index contributed by atoms with van der Waals surface area (Å²) in [6.07, 6.45) is 6.20. The third-order valence-corrected chi connectivity index (χ3v) is 4.87. The number of hydrogen-bond acceptors (Lipinski definition) is 6. The molecular weight excluding hydrogens is 322 g/mol. The molecule has 3 aromatic heterocycles. The van der Waals surface area contributed by atoms with E-state index in [0.29, 0.717) is 18.9 Å². The Balaban J connectivity index is 1.85. The van der Waals surface area contributed by atoms with Gasteiger partial charge in [-0.2, -0.15) is 10.2 Å². The molecule has 1 aliphatic rings. The minimum Gasteiger partial charge on any atom is -0.380 e. The van der Waals surface area contributed by atoms with Gasteiger partial charge in [0.25, 0.3) is 0 Å². The van der Waals surface area contributed by atoms with Crippen molar-refractivity contribution in [2.45, 2.75) is 39.0 Å². The Hall–Kier alpha value is -2.68. The number of H-pyrrole nitrogens is 1. The van der Waals surface area contributed by atoms with Crippen LogP contribution in [0.5, 0.6) is 0 Å². The van der Waals surface area contributed by atoms with E-state index in [2.05, 4.69) is 25.2 Å². The van der Waals surface area contributed by atoms with Crippen molar-refractivity contribution >= 4 is 11.3 Å². The summed E-state index contributed by atoms with van der Waals surface area (Å²) in [4.78, 5) is 18.8. The molecule has 0 aliphatic carbocycles. The highest BCUT2D eigenvalue weighted by Crippen LogP contribution is 2.37. The zero-order valence-electron chi connectivity index (χ0n) is 14.5. The van der Waals surface area contributed by atoms with Gasteiger partial charge in [0.1, 0.15) is 5.52 Å². The lowest BCUT2D eigenvalue weighted by molar-refractivity contribution is 0.118. The van der Waals surface area contributed by atoms with Crippen LogP contribution in [-0.2, 0) is 11.3 Å². The topological polar surface area (TPSA) is 93.3 Å². The molecule has 0 amide bonds. The van der Waals surface area contributed by atoms with Crippen LogP contribution >= 0.6 is 0 Å². The monoisotopic (exact) mass is 343 g/mol. The Morgan fingerprint density at radius 2 is 2.28 bits per heavy atom. The van der Waals surface area contributed by atoms with Crippen molar-refractivity contribution in [2.24, 2.45) is 0 Å². The fraction of sp³-hybridized carbons (Fsp3) is 0.500. The number of aryl methyl sites for hydroxylation is 1.